The summed E-state index contributed by atoms with van der Waals surface area (Å²) in [6.07, 6.45) is 1.58. The molecule has 14 heteroatoms. The van der Waals surface area contributed by atoms with Crippen molar-refractivity contribution in [3.8, 4) is 5.75 Å². The highest BCUT2D eigenvalue weighted by Gasteiger charge is 2.42. The van der Waals surface area contributed by atoms with Crippen LogP contribution in [0.3, 0.4) is 0 Å². The van der Waals surface area contributed by atoms with E-state index in [1.54, 1.807) is 24.3 Å². The maximum atomic E-state index is 14.1. The number of esters is 2. The van der Waals surface area contributed by atoms with E-state index >= 15 is 0 Å². The standard InChI is InChI=1S/C34H52BrNO9SSi2/c1-41-33(37)32(34(38)42-2)29(25-12-14-26(15-13-25)45-31-17-16-27-28(31)10-9-11-30(27)35)22-46(39,40)36(23-43-18-20-47(3,4)5)24-44-19-21-48(6,7)8/h9-15,29,31-32H,16-24H2,1-8H3/t29?,31-/m1/s1. The van der Waals surface area contributed by atoms with Crippen LogP contribution in [0.1, 0.15) is 35.1 Å². The molecule has 0 saturated carbocycles. The number of carbonyl (C=O) groups excluding carboxylic acids is 2. The van der Waals surface area contributed by atoms with Gasteiger partial charge in [0.05, 0.1) is 20.0 Å². The maximum absolute atomic E-state index is 14.1. The molecular weight excluding hydrogens is 735 g/mol. The molecule has 0 radical (unpaired) electrons. The van der Waals surface area contributed by atoms with E-state index in [1.807, 2.05) is 12.1 Å². The number of ether oxygens (including phenoxy) is 5. The van der Waals surface area contributed by atoms with E-state index in [2.05, 4.69) is 61.3 Å². The van der Waals surface area contributed by atoms with Crippen LogP contribution >= 0.6 is 15.9 Å². The summed E-state index contributed by atoms with van der Waals surface area (Å²) in [4.78, 5) is 26.1. The Bertz CT molecular complexity index is 1440. The first-order valence-electron chi connectivity index (χ1n) is 16.3. The van der Waals surface area contributed by atoms with Crippen LogP contribution < -0.4 is 4.74 Å². The van der Waals surface area contributed by atoms with Gasteiger partial charge in [-0.05, 0) is 59.8 Å². The summed E-state index contributed by atoms with van der Waals surface area (Å²) in [6.45, 7) is 13.7. The first-order chi connectivity index (χ1) is 22.5. The fourth-order valence-corrected chi connectivity index (χ4v) is 8.95. The van der Waals surface area contributed by atoms with Crippen molar-refractivity contribution in [3.63, 3.8) is 0 Å². The number of halogens is 1. The lowest BCUT2D eigenvalue weighted by Crippen LogP contribution is -2.42. The van der Waals surface area contributed by atoms with Gasteiger partial charge < -0.3 is 23.7 Å². The Morgan fingerprint density at radius 2 is 1.42 bits per heavy atom. The second-order valence-corrected chi connectivity index (χ2v) is 28.7. The van der Waals surface area contributed by atoms with Gasteiger partial charge in [0.2, 0.25) is 10.0 Å². The quantitative estimate of drug-likeness (QED) is 0.0498. The molecule has 0 N–H and O–H groups in total. The third kappa shape index (κ3) is 12.1. The molecule has 0 spiro atoms. The molecule has 0 bridgehead atoms. The highest BCUT2D eigenvalue weighted by atomic mass is 79.9. The predicted molar refractivity (Wildman–Crippen MR) is 196 cm³/mol. The average molecular weight is 787 g/mol. The highest BCUT2D eigenvalue weighted by molar-refractivity contribution is 9.10. The Balaban J connectivity index is 1.90. The lowest BCUT2D eigenvalue weighted by Gasteiger charge is -2.28. The molecule has 0 aliphatic heterocycles. The average Bonchev–Trinajstić information content (AvgIpc) is 3.42. The van der Waals surface area contributed by atoms with Gasteiger partial charge in [0.25, 0.3) is 0 Å². The van der Waals surface area contributed by atoms with Crippen LogP contribution in [0.25, 0.3) is 0 Å². The van der Waals surface area contributed by atoms with Crippen molar-refractivity contribution in [2.45, 2.75) is 76.2 Å². The number of fused-ring (bicyclic) bond motifs is 1. The SMILES string of the molecule is COC(=O)C(C(=O)OC)C(CS(=O)(=O)N(COCC[Si](C)(C)C)COCC[Si](C)(C)C)c1ccc(O[C@@H]2CCc3c(Br)cccc32)cc1. The Labute approximate surface area is 297 Å². The van der Waals surface area contributed by atoms with E-state index in [0.717, 1.165) is 53.5 Å². The van der Waals surface area contributed by atoms with E-state index in [0.29, 0.717) is 24.5 Å². The Hall–Kier alpha value is -2.08. The zero-order chi connectivity index (χ0) is 35.7. The minimum Gasteiger partial charge on any atom is -0.486 e. The van der Waals surface area contributed by atoms with Gasteiger partial charge in [-0.2, -0.15) is 4.31 Å². The van der Waals surface area contributed by atoms with Gasteiger partial charge in [-0.15, -0.1) is 0 Å². The van der Waals surface area contributed by atoms with Crippen LogP contribution in [-0.4, -0.2) is 87.5 Å². The molecule has 0 heterocycles. The fraction of sp³-hybridized carbons (Fsp3) is 0.588. The second kappa shape index (κ2) is 17.7. The molecule has 2 aromatic rings. The number of rotatable bonds is 19. The molecule has 48 heavy (non-hydrogen) atoms. The second-order valence-electron chi connectivity index (χ2n) is 14.6. The first kappa shape index (κ1) is 40.4. The fourth-order valence-electron chi connectivity index (χ4n) is 5.34. The molecule has 2 aromatic carbocycles. The van der Waals surface area contributed by atoms with E-state index in [-0.39, 0.29) is 19.6 Å². The van der Waals surface area contributed by atoms with Crippen molar-refractivity contribution in [3.05, 3.63) is 63.6 Å². The normalized spacial score (nSPS) is 15.8. The third-order valence-corrected chi connectivity index (χ3v) is 14.2. The van der Waals surface area contributed by atoms with Crippen molar-refractivity contribution in [1.29, 1.82) is 0 Å². The van der Waals surface area contributed by atoms with Crippen molar-refractivity contribution >= 4 is 54.0 Å². The molecule has 0 amide bonds. The number of methoxy groups -OCH3 is 2. The lowest BCUT2D eigenvalue weighted by molar-refractivity contribution is -0.159. The van der Waals surface area contributed by atoms with Crippen LogP contribution in [0.15, 0.2) is 46.9 Å². The highest BCUT2D eigenvalue weighted by Crippen LogP contribution is 2.39. The summed E-state index contributed by atoms with van der Waals surface area (Å²) in [7, 11) is -4.66. The van der Waals surface area contributed by atoms with Crippen molar-refractivity contribution in [2.75, 3.05) is 46.6 Å². The van der Waals surface area contributed by atoms with Gasteiger partial charge in [0, 0.05) is 39.8 Å². The van der Waals surface area contributed by atoms with Crippen LogP contribution in [0.2, 0.25) is 51.4 Å². The van der Waals surface area contributed by atoms with Gasteiger partial charge in [0.1, 0.15) is 25.3 Å². The summed E-state index contributed by atoms with van der Waals surface area (Å²) in [5.74, 6) is -4.43. The topological polar surface area (TPSA) is 118 Å². The monoisotopic (exact) mass is 785 g/mol. The maximum Gasteiger partial charge on any atom is 0.320 e. The van der Waals surface area contributed by atoms with Gasteiger partial charge in [-0.1, -0.05) is 79.5 Å². The molecule has 2 atom stereocenters. The summed E-state index contributed by atoms with van der Waals surface area (Å²) < 4.78 is 58.4. The third-order valence-electron chi connectivity index (χ3n) is 8.30. The van der Waals surface area contributed by atoms with E-state index in [9.17, 15) is 18.0 Å². The number of hydrogen-bond acceptors (Lipinski definition) is 9. The van der Waals surface area contributed by atoms with Gasteiger partial charge in [-0.25, -0.2) is 8.42 Å². The number of carbonyl (C=O) groups is 2. The smallest absolute Gasteiger partial charge is 0.320 e. The van der Waals surface area contributed by atoms with Crippen molar-refractivity contribution in [1.82, 2.24) is 4.31 Å². The van der Waals surface area contributed by atoms with E-state index in [4.69, 9.17) is 23.7 Å². The van der Waals surface area contributed by atoms with E-state index in [1.165, 1.54) is 5.56 Å². The molecule has 1 aliphatic carbocycles. The summed E-state index contributed by atoms with van der Waals surface area (Å²) >= 11 is 3.62. The van der Waals surface area contributed by atoms with Crippen LogP contribution in [0.5, 0.6) is 5.75 Å². The van der Waals surface area contributed by atoms with Crippen LogP contribution in [0, 0.1) is 5.92 Å². The number of hydrogen-bond donors (Lipinski definition) is 0. The largest absolute Gasteiger partial charge is 0.486 e. The summed E-state index contributed by atoms with van der Waals surface area (Å²) in [5.41, 5.74) is 2.79. The molecule has 10 nitrogen and oxygen atoms in total. The number of sulfonamides is 1. The molecule has 0 aromatic heterocycles. The minimum atomic E-state index is -4.14. The molecule has 0 fully saturated rings. The Morgan fingerprint density at radius 3 is 1.92 bits per heavy atom. The Kier molecular flexibility index (Phi) is 14.9. The lowest BCUT2D eigenvalue weighted by atomic mass is 9.87. The van der Waals surface area contributed by atoms with E-state index < -0.39 is 55.7 Å². The molecule has 0 saturated heterocycles. The van der Waals surface area contributed by atoms with Crippen molar-refractivity contribution in [2.24, 2.45) is 5.92 Å². The summed E-state index contributed by atoms with van der Waals surface area (Å²) in [5, 5.41) is 0. The number of benzene rings is 2. The number of nitrogens with zero attached hydrogens (tertiary/aromatic N) is 1. The van der Waals surface area contributed by atoms with Gasteiger partial charge in [0.15, 0.2) is 5.92 Å². The molecule has 1 aliphatic rings. The van der Waals surface area contributed by atoms with Crippen LogP contribution in [0.4, 0.5) is 0 Å². The zero-order valence-electron chi connectivity index (χ0n) is 29.5. The minimum absolute atomic E-state index is 0.132. The molecule has 1 unspecified atom stereocenters. The predicted octanol–water partition coefficient (Wildman–Crippen LogP) is 6.82. The van der Waals surface area contributed by atoms with Gasteiger partial charge >= 0.3 is 11.9 Å². The zero-order valence-corrected chi connectivity index (χ0v) is 33.9. The molecular formula is C34H52BrNO9SSi2. The van der Waals surface area contributed by atoms with Crippen molar-refractivity contribution < 1.29 is 41.7 Å². The first-order valence-corrected chi connectivity index (χ1v) is 26.1. The van der Waals surface area contributed by atoms with Crippen LogP contribution in [-0.2, 0) is 45.0 Å². The van der Waals surface area contributed by atoms with Gasteiger partial charge in [-0.3, -0.25) is 9.59 Å². The summed E-state index contributed by atoms with van der Waals surface area (Å²) in [6, 6.07) is 14.6. The molecule has 3 rings (SSSR count). The molecule has 268 valence electrons. The Morgan fingerprint density at radius 1 is 0.875 bits per heavy atom.